The fourth-order valence-electron chi connectivity index (χ4n) is 2.62. The SMILES string of the molecule is Cc1cc(C)cc(CONCCc2ccc(C(C)C)cc2)c1. The van der Waals surface area contributed by atoms with Crippen molar-refractivity contribution in [3.05, 3.63) is 70.3 Å². The van der Waals surface area contributed by atoms with Crippen molar-refractivity contribution in [2.24, 2.45) is 0 Å². The second kappa shape index (κ2) is 8.11. The quantitative estimate of drug-likeness (QED) is 0.591. The molecule has 0 fully saturated rings. The van der Waals surface area contributed by atoms with E-state index in [4.69, 9.17) is 4.84 Å². The molecule has 0 aliphatic heterocycles. The van der Waals surface area contributed by atoms with Crippen molar-refractivity contribution in [1.82, 2.24) is 5.48 Å². The van der Waals surface area contributed by atoms with Gasteiger partial charge >= 0.3 is 0 Å². The van der Waals surface area contributed by atoms with Crippen molar-refractivity contribution in [3.63, 3.8) is 0 Å². The van der Waals surface area contributed by atoms with Gasteiger partial charge in [0.1, 0.15) is 0 Å². The average Bonchev–Trinajstić information content (AvgIpc) is 2.46. The fraction of sp³-hybridized carbons (Fsp3) is 0.400. The van der Waals surface area contributed by atoms with Crippen molar-refractivity contribution in [1.29, 1.82) is 0 Å². The van der Waals surface area contributed by atoms with Crippen LogP contribution in [0.3, 0.4) is 0 Å². The Morgan fingerprint density at radius 3 is 2.14 bits per heavy atom. The summed E-state index contributed by atoms with van der Waals surface area (Å²) in [7, 11) is 0. The van der Waals surface area contributed by atoms with E-state index in [9.17, 15) is 0 Å². The van der Waals surface area contributed by atoms with E-state index < -0.39 is 0 Å². The Kier molecular flexibility index (Phi) is 6.17. The zero-order valence-corrected chi connectivity index (χ0v) is 14.1. The van der Waals surface area contributed by atoms with Crippen LogP contribution in [0.2, 0.25) is 0 Å². The van der Waals surface area contributed by atoms with Gasteiger partial charge in [-0.15, -0.1) is 0 Å². The molecule has 2 heteroatoms. The second-order valence-electron chi connectivity index (χ2n) is 6.33. The van der Waals surface area contributed by atoms with Crippen molar-refractivity contribution < 1.29 is 4.84 Å². The topological polar surface area (TPSA) is 21.3 Å². The third-order valence-electron chi connectivity index (χ3n) is 3.78. The summed E-state index contributed by atoms with van der Waals surface area (Å²) in [4.78, 5) is 5.56. The van der Waals surface area contributed by atoms with Crippen LogP contribution in [0.15, 0.2) is 42.5 Å². The van der Waals surface area contributed by atoms with Crippen molar-refractivity contribution >= 4 is 0 Å². The predicted molar refractivity (Wildman–Crippen MR) is 92.9 cm³/mol. The minimum Gasteiger partial charge on any atom is -0.297 e. The summed E-state index contributed by atoms with van der Waals surface area (Å²) in [5, 5.41) is 0. The predicted octanol–water partition coefficient (Wildman–Crippen LogP) is 4.69. The summed E-state index contributed by atoms with van der Waals surface area (Å²) in [5.74, 6) is 0.591. The number of benzene rings is 2. The van der Waals surface area contributed by atoms with Crippen LogP contribution in [0, 0.1) is 13.8 Å². The highest BCUT2D eigenvalue weighted by Crippen LogP contribution is 2.14. The Labute approximate surface area is 134 Å². The number of hydrogen-bond acceptors (Lipinski definition) is 2. The minimum atomic E-state index is 0.591. The van der Waals surface area contributed by atoms with E-state index in [-0.39, 0.29) is 0 Å². The molecule has 0 aliphatic carbocycles. The average molecular weight is 297 g/mol. The third kappa shape index (κ3) is 5.28. The summed E-state index contributed by atoms with van der Waals surface area (Å²) < 4.78 is 0. The van der Waals surface area contributed by atoms with Crippen LogP contribution < -0.4 is 5.48 Å². The molecular formula is C20H27NO. The number of hydroxylamine groups is 1. The largest absolute Gasteiger partial charge is 0.297 e. The summed E-state index contributed by atoms with van der Waals surface area (Å²) in [6.45, 7) is 10.1. The number of hydrogen-bond donors (Lipinski definition) is 1. The molecule has 1 N–H and O–H groups in total. The normalized spacial score (nSPS) is 11.1. The smallest absolute Gasteiger partial charge is 0.0933 e. The van der Waals surface area contributed by atoms with E-state index in [1.165, 1.54) is 27.8 Å². The maximum absolute atomic E-state index is 5.56. The first-order chi connectivity index (χ1) is 10.5. The summed E-state index contributed by atoms with van der Waals surface area (Å²) in [5.41, 5.74) is 9.57. The molecule has 0 radical (unpaired) electrons. The molecule has 2 rings (SSSR count). The Morgan fingerprint density at radius 1 is 0.909 bits per heavy atom. The van der Waals surface area contributed by atoms with Gasteiger partial charge < -0.3 is 0 Å². The highest BCUT2D eigenvalue weighted by Gasteiger charge is 2.00. The van der Waals surface area contributed by atoms with Crippen LogP contribution in [0.25, 0.3) is 0 Å². The zero-order chi connectivity index (χ0) is 15.9. The van der Waals surface area contributed by atoms with Crippen LogP contribution in [0.5, 0.6) is 0 Å². The molecule has 0 spiro atoms. The monoisotopic (exact) mass is 297 g/mol. The highest BCUT2D eigenvalue weighted by atomic mass is 16.6. The van der Waals surface area contributed by atoms with Crippen LogP contribution in [-0.2, 0) is 17.9 Å². The highest BCUT2D eigenvalue weighted by molar-refractivity contribution is 5.28. The van der Waals surface area contributed by atoms with Crippen LogP contribution in [0.4, 0.5) is 0 Å². The first-order valence-electron chi connectivity index (χ1n) is 8.05. The van der Waals surface area contributed by atoms with Gasteiger partial charge in [0.15, 0.2) is 0 Å². The first-order valence-corrected chi connectivity index (χ1v) is 8.05. The van der Waals surface area contributed by atoms with Gasteiger partial charge in [-0.1, -0.05) is 67.4 Å². The molecular weight excluding hydrogens is 270 g/mol. The summed E-state index contributed by atoms with van der Waals surface area (Å²) >= 11 is 0. The van der Waals surface area contributed by atoms with Gasteiger partial charge in [0.25, 0.3) is 0 Å². The molecule has 0 aliphatic rings. The molecule has 118 valence electrons. The van der Waals surface area contributed by atoms with E-state index in [1.807, 2.05) is 0 Å². The van der Waals surface area contributed by atoms with Gasteiger partial charge in [-0.05, 0) is 42.9 Å². The number of nitrogens with one attached hydrogen (secondary N) is 1. The number of rotatable bonds is 7. The van der Waals surface area contributed by atoms with Gasteiger partial charge in [-0.3, -0.25) is 4.84 Å². The molecule has 0 aromatic heterocycles. The molecule has 2 aromatic carbocycles. The van der Waals surface area contributed by atoms with Gasteiger partial charge in [0.2, 0.25) is 0 Å². The minimum absolute atomic E-state index is 0.591. The summed E-state index contributed by atoms with van der Waals surface area (Å²) in [6, 6.07) is 15.4. The van der Waals surface area contributed by atoms with E-state index in [1.54, 1.807) is 0 Å². The van der Waals surface area contributed by atoms with Crippen molar-refractivity contribution in [2.45, 2.75) is 46.6 Å². The molecule has 0 saturated heterocycles. The Bertz CT molecular complexity index is 567. The van der Waals surface area contributed by atoms with E-state index in [0.29, 0.717) is 12.5 Å². The van der Waals surface area contributed by atoms with E-state index in [2.05, 4.69) is 75.6 Å². The lowest BCUT2D eigenvalue weighted by atomic mass is 10.0. The Hall–Kier alpha value is -1.64. The molecule has 0 heterocycles. The molecule has 0 unspecified atom stereocenters. The molecule has 2 nitrogen and oxygen atoms in total. The lowest BCUT2D eigenvalue weighted by Gasteiger charge is -2.09. The molecule has 22 heavy (non-hydrogen) atoms. The fourth-order valence-corrected chi connectivity index (χ4v) is 2.62. The molecule has 2 aromatic rings. The zero-order valence-electron chi connectivity index (χ0n) is 14.1. The third-order valence-corrected chi connectivity index (χ3v) is 3.78. The van der Waals surface area contributed by atoms with Crippen LogP contribution in [0.1, 0.15) is 47.6 Å². The van der Waals surface area contributed by atoms with Gasteiger partial charge in [-0.25, -0.2) is 5.48 Å². The van der Waals surface area contributed by atoms with E-state index in [0.717, 1.165) is 13.0 Å². The van der Waals surface area contributed by atoms with Gasteiger partial charge in [0.05, 0.1) is 6.61 Å². The summed E-state index contributed by atoms with van der Waals surface area (Å²) in [6.07, 6.45) is 0.977. The van der Waals surface area contributed by atoms with Gasteiger partial charge in [0, 0.05) is 6.54 Å². The first kappa shape index (κ1) is 16.7. The maximum Gasteiger partial charge on any atom is 0.0933 e. The van der Waals surface area contributed by atoms with E-state index >= 15 is 0 Å². The van der Waals surface area contributed by atoms with Gasteiger partial charge in [-0.2, -0.15) is 0 Å². The number of aryl methyl sites for hydroxylation is 2. The lowest BCUT2D eigenvalue weighted by Crippen LogP contribution is -2.17. The Morgan fingerprint density at radius 2 is 1.55 bits per heavy atom. The molecule has 0 amide bonds. The maximum atomic E-state index is 5.56. The van der Waals surface area contributed by atoms with Crippen LogP contribution in [-0.4, -0.2) is 6.54 Å². The van der Waals surface area contributed by atoms with Crippen molar-refractivity contribution in [2.75, 3.05) is 6.54 Å². The standard InChI is InChI=1S/C20H27NO/c1-15(2)20-7-5-18(6-8-20)9-10-21-22-14-19-12-16(3)11-17(4)13-19/h5-8,11-13,15,21H,9-10,14H2,1-4H3. The van der Waals surface area contributed by atoms with Crippen LogP contribution >= 0.6 is 0 Å². The lowest BCUT2D eigenvalue weighted by molar-refractivity contribution is 0.0288. The molecule has 0 bridgehead atoms. The Balaban J connectivity index is 1.70. The van der Waals surface area contributed by atoms with Crippen molar-refractivity contribution in [3.8, 4) is 0 Å². The molecule has 0 saturated carbocycles. The second-order valence-corrected chi connectivity index (χ2v) is 6.33. The molecule has 0 atom stereocenters.